The van der Waals surface area contributed by atoms with Crippen molar-refractivity contribution >= 4 is 6.29 Å². The van der Waals surface area contributed by atoms with Gasteiger partial charge >= 0.3 is 0 Å². The average molecular weight is 479 g/mol. The van der Waals surface area contributed by atoms with Gasteiger partial charge in [-0.05, 0) is 62.4 Å². The smallest absolute Gasteiger partial charge is 0.186 e. The molecule has 0 aromatic heterocycles. The Hall–Kier alpha value is -1.09. The molecule has 3 N–H and O–H groups in total. The summed E-state index contributed by atoms with van der Waals surface area (Å²) in [5.41, 5.74) is 3.38. The largest absolute Gasteiger partial charge is 0.388 e. The quantitative estimate of drug-likeness (QED) is 0.398. The van der Waals surface area contributed by atoms with Gasteiger partial charge in [0.25, 0.3) is 0 Å². The first-order valence-corrected chi connectivity index (χ1v) is 12.9. The molecule has 0 amide bonds. The summed E-state index contributed by atoms with van der Waals surface area (Å²) in [6, 6.07) is 0. The Labute approximate surface area is 203 Å². The molecular weight excluding hydrogens is 436 g/mol. The van der Waals surface area contributed by atoms with Gasteiger partial charge in [-0.15, -0.1) is 0 Å². The van der Waals surface area contributed by atoms with Crippen LogP contribution in [-0.4, -0.2) is 71.6 Å². The maximum Gasteiger partial charge on any atom is 0.186 e. The van der Waals surface area contributed by atoms with E-state index in [0.717, 1.165) is 32.0 Å². The van der Waals surface area contributed by atoms with Crippen LogP contribution >= 0.6 is 0 Å². The lowest BCUT2D eigenvalue weighted by atomic mass is 9.54. The Kier molecular flexibility index (Phi) is 7.45. The molecule has 1 saturated carbocycles. The first-order chi connectivity index (χ1) is 16.1. The maximum atomic E-state index is 12.2. The van der Waals surface area contributed by atoms with Gasteiger partial charge in [-0.3, -0.25) is 4.79 Å². The zero-order valence-corrected chi connectivity index (χ0v) is 21.2. The van der Waals surface area contributed by atoms with Crippen LogP contribution in [0.1, 0.15) is 66.7 Å². The fraction of sp³-hybridized carbons (Fsp3) is 0.815. The van der Waals surface area contributed by atoms with Crippen LogP contribution in [0.2, 0.25) is 0 Å². The fourth-order valence-electron chi connectivity index (χ4n) is 6.89. The van der Waals surface area contributed by atoms with Gasteiger partial charge in [0.2, 0.25) is 0 Å². The molecule has 192 valence electrons. The molecule has 7 heteroatoms. The second-order valence-corrected chi connectivity index (χ2v) is 11.5. The molecule has 0 aromatic rings. The van der Waals surface area contributed by atoms with E-state index in [1.807, 2.05) is 13.0 Å². The summed E-state index contributed by atoms with van der Waals surface area (Å²) in [6.45, 7) is 11.5. The van der Waals surface area contributed by atoms with Crippen LogP contribution in [0.25, 0.3) is 0 Å². The predicted molar refractivity (Wildman–Crippen MR) is 127 cm³/mol. The van der Waals surface area contributed by atoms with Crippen molar-refractivity contribution in [2.45, 2.75) is 104 Å². The molecule has 7 nitrogen and oxygen atoms in total. The molecule has 1 heterocycles. The van der Waals surface area contributed by atoms with E-state index in [4.69, 9.17) is 14.2 Å². The molecule has 3 aliphatic carbocycles. The van der Waals surface area contributed by atoms with Gasteiger partial charge in [-0.1, -0.05) is 38.8 Å². The van der Waals surface area contributed by atoms with Crippen molar-refractivity contribution in [3.63, 3.8) is 0 Å². The van der Waals surface area contributed by atoms with Crippen molar-refractivity contribution in [2.75, 3.05) is 13.2 Å². The number of allylic oxidation sites excluding steroid dienone is 2. The van der Waals surface area contributed by atoms with Crippen LogP contribution in [0.5, 0.6) is 0 Å². The van der Waals surface area contributed by atoms with E-state index < -0.39 is 30.7 Å². The summed E-state index contributed by atoms with van der Waals surface area (Å²) >= 11 is 0. The minimum Gasteiger partial charge on any atom is -0.388 e. The Bertz CT molecular complexity index is 835. The molecule has 0 unspecified atom stereocenters. The van der Waals surface area contributed by atoms with Gasteiger partial charge in [0.15, 0.2) is 6.29 Å². The van der Waals surface area contributed by atoms with E-state index in [0.29, 0.717) is 24.5 Å². The van der Waals surface area contributed by atoms with Crippen LogP contribution in [0.4, 0.5) is 0 Å². The number of fused-ring (bicyclic) bond motifs is 3. The van der Waals surface area contributed by atoms with E-state index in [9.17, 15) is 20.1 Å². The molecule has 0 aromatic carbocycles. The van der Waals surface area contributed by atoms with E-state index in [2.05, 4.69) is 27.7 Å². The minimum atomic E-state index is -1.38. The van der Waals surface area contributed by atoms with Gasteiger partial charge in [-0.2, -0.15) is 0 Å². The second kappa shape index (κ2) is 9.75. The lowest BCUT2D eigenvalue weighted by Gasteiger charge is -2.53. The standard InChI is InChI=1S/C27H42O7/c1-6-32-20-12-18-22-17(15(2)3)7-8-26(22,4)9-10-27(18,5)21(11-16(20)13-28)34-25-24(31)23(30)19(29)14-33-25/h11,13,15,18-21,23-25,29-31H,6-10,12,14H2,1-5H3/t18-,19-,20+,21+,23+,24-,25+,26-,27-/m1/s1. The predicted octanol–water partition coefficient (Wildman–Crippen LogP) is 2.91. The highest BCUT2D eigenvalue weighted by atomic mass is 16.7. The van der Waals surface area contributed by atoms with Crippen LogP contribution in [0, 0.1) is 22.7 Å². The molecule has 0 radical (unpaired) electrons. The Morgan fingerprint density at radius 3 is 2.56 bits per heavy atom. The molecule has 9 atom stereocenters. The first kappa shape index (κ1) is 26.0. The summed E-state index contributed by atoms with van der Waals surface area (Å²) in [6.07, 6.45) is 1.79. The Morgan fingerprint density at radius 1 is 1.18 bits per heavy atom. The normalized spacial score (nSPS) is 45.0. The SMILES string of the molecule is CCO[C@H]1C[C@@H]2C3=C(C(C)C)CC[C@]3(C)CC[C@@]2(C)[C@@H](O[C@@H]2OC[C@@H](O)[C@H](O)[C@H]2O)C=C1C=O. The highest BCUT2D eigenvalue weighted by Crippen LogP contribution is 2.63. The van der Waals surface area contributed by atoms with Crippen molar-refractivity contribution < 1.29 is 34.3 Å². The second-order valence-electron chi connectivity index (χ2n) is 11.5. The molecule has 0 bridgehead atoms. The summed E-state index contributed by atoms with van der Waals surface area (Å²) in [5.74, 6) is 0.601. The third-order valence-electron chi connectivity index (χ3n) is 9.05. The fourth-order valence-corrected chi connectivity index (χ4v) is 6.89. The van der Waals surface area contributed by atoms with E-state index >= 15 is 0 Å². The van der Waals surface area contributed by atoms with Crippen molar-refractivity contribution in [2.24, 2.45) is 22.7 Å². The lowest BCUT2D eigenvalue weighted by molar-refractivity contribution is -0.289. The number of hydrogen-bond donors (Lipinski definition) is 3. The number of ether oxygens (including phenoxy) is 3. The highest BCUT2D eigenvalue weighted by Gasteiger charge is 2.57. The van der Waals surface area contributed by atoms with Gasteiger partial charge < -0.3 is 29.5 Å². The molecule has 34 heavy (non-hydrogen) atoms. The molecule has 4 aliphatic rings. The van der Waals surface area contributed by atoms with Crippen LogP contribution in [-0.2, 0) is 19.0 Å². The topological polar surface area (TPSA) is 105 Å². The zero-order valence-electron chi connectivity index (χ0n) is 21.2. The first-order valence-electron chi connectivity index (χ1n) is 12.9. The van der Waals surface area contributed by atoms with Crippen LogP contribution in [0.3, 0.4) is 0 Å². The monoisotopic (exact) mass is 478 g/mol. The minimum absolute atomic E-state index is 0.123. The maximum absolute atomic E-state index is 12.2. The van der Waals surface area contributed by atoms with E-state index in [1.165, 1.54) is 11.1 Å². The number of hydrogen-bond acceptors (Lipinski definition) is 7. The number of aliphatic hydroxyl groups is 3. The number of carbonyl (C=O) groups is 1. The van der Waals surface area contributed by atoms with E-state index in [1.54, 1.807) is 0 Å². The summed E-state index contributed by atoms with van der Waals surface area (Å²) < 4.78 is 18.1. The molecule has 4 rings (SSSR count). The van der Waals surface area contributed by atoms with Gasteiger partial charge in [0.1, 0.15) is 24.6 Å². The van der Waals surface area contributed by atoms with E-state index in [-0.39, 0.29) is 29.5 Å². The van der Waals surface area contributed by atoms with Gasteiger partial charge in [0, 0.05) is 17.6 Å². The molecule has 0 spiro atoms. The van der Waals surface area contributed by atoms with Crippen LogP contribution < -0.4 is 0 Å². The van der Waals surface area contributed by atoms with Gasteiger partial charge in [0.05, 0.1) is 18.8 Å². The number of rotatable bonds is 6. The molecule has 1 aliphatic heterocycles. The number of carbonyl (C=O) groups excluding carboxylic acids is 1. The molecule has 2 fully saturated rings. The Morgan fingerprint density at radius 2 is 1.91 bits per heavy atom. The van der Waals surface area contributed by atoms with Crippen molar-refractivity contribution in [3.05, 3.63) is 22.8 Å². The van der Waals surface area contributed by atoms with Crippen molar-refractivity contribution in [3.8, 4) is 0 Å². The van der Waals surface area contributed by atoms with Crippen molar-refractivity contribution in [1.82, 2.24) is 0 Å². The molecular formula is C27H42O7. The highest BCUT2D eigenvalue weighted by molar-refractivity contribution is 5.75. The summed E-state index contributed by atoms with van der Waals surface area (Å²) in [4.78, 5) is 12.2. The lowest BCUT2D eigenvalue weighted by Crippen LogP contribution is -2.56. The van der Waals surface area contributed by atoms with Crippen molar-refractivity contribution in [1.29, 1.82) is 0 Å². The Balaban J connectivity index is 1.78. The zero-order chi connectivity index (χ0) is 24.8. The summed E-state index contributed by atoms with van der Waals surface area (Å²) in [7, 11) is 0. The van der Waals surface area contributed by atoms with Crippen LogP contribution in [0.15, 0.2) is 22.8 Å². The number of aldehydes is 1. The third kappa shape index (κ3) is 4.33. The molecule has 1 saturated heterocycles. The number of aliphatic hydroxyl groups excluding tert-OH is 3. The van der Waals surface area contributed by atoms with Gasteiger partial charge in [-0.25, -0.2) is 0 Å². The third-order valence-corrected chi connectivity index (χ3v) is 9.05. The summed E-state index contributed by atoms with van der Waals surface area (Å²) in [5, 5.41) is 30.6. The average Bonchev–Trinajstić information content (AvgIpc) is 3.10.